The predicted molar refractivity (Wildman–Crippen MR) is 72.6 cm³/mol. The lowest BCUT2D eigenvalue weighted by Crippen LogP contribution is -2.14. The van der Waals surface area contributed by atoms with Gasteiger partial charge in [0, 0.05) is 29.4 Å². The first-order valence-corrected chi connectivity index (χ1v) is 5.96. The molecule has 0 amide bonds. The second-order valence-corrected chi connectivity index (χ2v) is 4.27. The molecule has 0 saturated heterocycles. The molecule has 0 atom stereocenters. The van der Waals surface area contributed by atoms with Gasteiger partial charge in [-0.3, -0.25) is 0 Å². The molecule has 0 radical (unpaired) electrons. The molecule has 0 spiro atoms. The average molecular weight is 295 g/mol. The fourth-order valence-corrected chi connectivity index (χ4v) is 1.71. The van der Waals surface area contributed by atoms with Gasteiger partial charge in [0.1, 0.15) is 5.82 Å². The van der Waals surface area contributed by atoms with Crippen LogP contribution in [0.4, 0.5) is 18.9 Å². The van der Waals surface area contributed by atoms with Crippen LogP contribution >= 0.6 is 0 Å². The maximum absolute atomic E-state index is 13.8. The zero-order valence-corrected chi connectivity index (χ0v) is 10.8. The van der Waals surface area contributed by atoms with E-state index in [-0.39, 0.29) is 17.9 Å². The zero-order chi connectivity index (χ0) is 15.4. The van der Waals surface area contributed by atoms with Crippen molar-refractivity contribution in [2.45, 2.75) is 6.54 Å². The Morgan fingerprint density at radius 1 is 1.05 bits per heavy atom. The van der Waals surface area contributed by atoms with Gasteiger partial charge in [-0.25, -0.2) is 13.2 Å². The summed E-state index contributed by atoms with van der Waals surface area (Å²) >= 11 is 0. The Morgan fingerprint density at radius 2 is 1.81 bits per heavy atom. The number of oxime groups is 1. The SMILES string of the molecule is NC(=NO)c1ccc(CNc2ccc(F)c(F)c2)c(F)c1. The fraction of sp³-hybridized carbons (Fsp3) is 0.0714. The Bertz CT molecular complexity index is 689. The topological polar surface area (TPSA) is 70.6 Å². The summed E-state index contributed by atoms with van der Waals surface area (Å²) in [6.07, 6.45) is 0. The maximum Gasteiger partial charge on any atom is 0.170 e. The minimum atomic E-state index is -0.984. The number of nitrogens with one attached hydrogen (secondary N) is 1. The highest BCUT2D eigenvalue weighted by molar-refractivity contribution is 5.97. The van der Waals surface area contributed by atoms with Gasteiger partial charge >= 0.3 is 0 Å². The Hall–Kier alpha value is -2.70. The van der Waals surface area contributed by atoms with E-state index in [1.165, 1.54) is 18.2 Å². The third-order valence-electron chi connectivity index (χ3n) is 2.86. The molecule has 110 valence electrons. The van der Waals surface area contributed by atoms with Crippen molar-refractivity contribution in [1.29, 1.82) is 0 Å². The summed E-state index contributed by atoms with van der Waals surface area (Å²) in [5, 5.41) is 14.1. The summed E-state index contributed by atoms with van der Waals surface area (Å²) in [7, 11) is 0. The molecule has 0 bridgehead atoms. The summed E-state index contributed by atoms with van der Waals surface area (Å²) in [4.78, 5) is 0. The molecule has 0 fully saturated rings. The van der Waals surface area contributed by atoms with Gasteiger partial charge in [-0.2, -0.15) is 0 Å². The summed E-state index contributed by atoms with van der Waals surface area (Å²) in [5.41, 5.74) is 6.22. The molecule has 0 aliphatic rings. The first-order valence-electron chi connectivity index (χ1n) is 5.96. The van der Waals surface area contributed by atoms with Crippen molar-refractivity contribution in [3.05, 3.63) is 65.0 Å². The number of hydrogen-bond acceptors (Lipinski definition) is 3. The molecule has 0 heterocycles. The lowest BCUT2D eigenvalue weighted by Gasteiger charge is -2.09. The van der Waals surface area contributed by atoms with Crippen LogP contribution in [0, 0.1) is 17.5 Å². The van der Waals surface area contributed by atoms with E-state index in [2.05, 4.69) is 10.5 Å². The van der Waals surface area contributed by atoms with E-state index in [0.717, 1.165) is 18.2 Å². The van der Waals surface area contributed by atoms with Gasteiger partial charge in [-0.1, -0.05) is 17.3 Å². The smallest absolute Gasteiger partial charge is 0.170 e. The third-order valence-corrected chi connectivity index (χ3v) is 2.86. The normalized spacial score (nSPS) is 11.5. The van der Waals surface area contributed by atoms with Crippen molar-refractivity contribution in [2.75, 3.05) is 5.32 Å². The van der Waals surface area contributed by atoms with Crippen LogP contribution in [-0.4, -0.2) is 11.0 Å². The number of anilines is 1. The Labute approximate surface area is 118 Å². The molecule has 7 heteroatoms. The minimum absolute atomic E-state index is 0.0767. The van der Waals surface area contributed by atoms with Gasteiger partial charge in [-0.05, 0) is 18.2 Å². The minimum Gasteiger partial charge on any atom is -0.409 e. The first-order chi connectivity index (χ1) is 10.0. The zero-order valence-electron chi connectivity index (χ0n) is 10.8. The van der Waals surface area contributed by atoms with Gasteiger partial charge in [0.25, 0.3) is 0 Å². The summed E-state index contributed by atoms with van der Waals surface area (Å²) in [5.74, 6) is -2.69. The predicted octanol–water partition coefficient (Wildman–Crippen LogP) is 2.81. The van der Waals surface area contributed by atoms with Gasteiger partial charge < -0.3 is 16.3 Å². The number of nitrogens with zero attached hydrogens (tertiary/aromatic N) is 1. The lowest BCUT2D eigenvalue weighted by molar-refractivity contribution is 0.318. The second-order valence-electron chi connectivity index (χ2n) is 4.27. The van der Waals surface area contributed by atoms with Gasteiger partial charge in [-0.15, -0.1) is 0 Å². The van der Waals surface area contributed by atoms with E-state index < -0.39 is 17.5 Å². The molecule has 0 saturated carbocycles. The van der Waals surface area contributed by atoms with Gasteiger partial charge in [0.15, 0.2) is 17.5 Å². The summed E-state index contributed by atoms with van der Waals surface area (Å²) in [6.45, 7) is 0.0767. The van der Waals surface area contributed by atoms with E-state index in [9.17, 15) is 13.2 Å². The molecular formula is C14H12F3N3O. The second kappa shape index (κ2) is 6.17. The largest absolute Gasteiger partial charge is 0.409 e. The quantitative estimate of drug-likeness (QED) is 0.351. The van der Waals surface area contributed by atoms with Crippen LogP contribution in [0.3, 0.4) is 0 Å². The molecule has 0 aliphatic heterocycles. The standard InChI is InChI=1S/C14H12F3N3O/c15-11-4-3-10(6-13(11)17)19-7-9-2-1-8(5-12(9)16)14(18)20-21/h1-6,19,21H,7H2,(H2,18,20). The van der Waals surface area contributed by atoms with Crippen LogP contribution < -0.4 is 11.1 Å². The Kier molecular flexibility index (Phi) is 4.32. The number of hydrogen-bond donors (Lipinski definition) is 3. The molecule has 4 N–H and O–H groups in total. The monoisotopic (exact) mass is 295 g/mol. The Balaban J connectivity index is 2.11. The van der Waals surface area contributed by atoms with Gasteiger partial charge in [0.2, 0.25) is 0 Å². The molecule has 0 aliphatic carbocycles. The fourth-order valence-electron chi connectivity index (χ4n) is 1.71. The summed E-state index contributed by atoms with van der Waals surface area (Å²) in [6, 6.07) is 7.38. The van der Waals surface area contributed by atoms with E-state index >= 15 is 0 Å². The molecule has 4 nitrogen and oxygen atoms in total. The van der Waals surface area contributed by atoms with Crippen molar-refractivity contribution in [3.63, 3.8) is 0 Å². The number of rotatable bonds is 4. The highest BCUT2D eigenvalue weighted by Crippen LogP contribution is 2.16. The van der Waals surface area contributed by atoms with Gasteiger partial charge in [0.05, 0.1) is 0 Å². The number of amidine groups is 1. The van der Waals surface area contributed by atoms with Crippen LogP contribution in [-0.2, 0) is 6.54 Å². The number of halogens is 3. The number of benzene rings is 2. The van der Waals surface area contributed by atoms with Crippen molar-refractivity contribution < 1.29 is 18.4 Å². The Morgan fingerprint density at radius 3 is 2.43 bits per heavy atom. The van der Waals surface area contributed by atoms with E-state index in [0.29, 0.717) is 11.3 Å². The highest BCUT2D eigenvalue weighted by atomic mass is 19.2. The van der Waals surface area contributed by atoms with Crippen molar-refractivity contribution in [1.82, 2.24) is 0 Å². The first kappa shape index (κ1) is 14.7. The third kappa shape index (κ3) is 3.44. The van der Waals surface area contributed by atoms with E-state index in [4.69, 9.17) is 10.9 Å². The molecule has 21 heavy (non-hydrogen) atoms. The molecule has 2 rings (SSSR count). The molecular weight excluding hydrogens is 283 g/mol. The van der Waals surface area contributed by atoms with Crippen molar-refractivity contribution >= 4 is 11.5 Å². The van der Waals surface area contributed by atoms with E-state index in [1.54, 1.807) is 0 Å². The lowest BCUT2D eigenvalue weighted by atomic mass is 10.1. The van der Waals surface area contributed by atoms with Crippen LogP contribution in [0.5, 0.6) is 0 Å². The average Bonchev–Trinajstić information content (AvgIpc) is 2.48. The molecule has 0 unspecified atom stereocenters. The maximum atomic E-state index is 13.8. The molecule has 0 aromatic heterocycles. The molecule has 2 aromatic rings. The summed E-state index contributed by atoms with van der Waals surface area (Å²) < 4.78 is 39.6. The van der Waals surface area contributed by atoms with Crippen LogP contribution in [0.1, 0.15) is 11.1 Å². The van der Waals surface area contributed by atoms with Crippen LogP contribution in [0.25, 0.3) is 0 Å². The van der Waals surface area contributed by atoms with Crippen molar-refractivity contribution in [3.8, 4) is 0 Å². The molecule has 2 aromatic carbocycles. The van der Waals surface area contributed by atoms with E-state index in [1.807, 2.05) is 0 Å². The van der Waals surface area contributed by atoms with Crippen LogP contribution in [0.15, 0.2) is 41.6 Å². The number of nitrogens with two attached hydrogens (primary N) is 1. The van der Waals surface area contributed by atoms with Crippen LogP contribution in [0.2, 0.25) is 0 Å². The van der Waals surface area contributed by atoms with Crippen molar-refractivity contribution in [2.24, 2.45) is 10.9 Å². The highest BCUT2D eigenvalue weighted by Gasteiger charge is 2.07.